The summed E-state index contributed by atoms with van der Waals surface area (Å²) in [5.41, 5.74) is 1.68. The van der Waals surface area contributed by atoms with E-state index in [9.17, 15) is 9.59 Å². The third kappa shape index (κ3) is 5.33. The molecule has 144 valence electrons. The third-order valence-corrected chi connectivity index (χ3v) is 4.52. The first-order valence-corrected chi connectivity index (χ1v) is 8.34. The van der Waals surface area contributed by atoms with E-state index in [4.69, 9.17) is 4.74 Å². The summed E-state index contributed by atoms with van der Waals surface area (Å²) in [6, 6.07) is 7.41. The Bertz CT molecular complexity index is 648. The summed E-state index contributed by atoms with van der Waals surface area (Å²) in [6.45, 7) is 4.00. The first-order valence-electron chi connectivity index (χ1n) is 8.34. The molecule has 1 saturated heterocycles. The summed E-state index contributed by atoms with van der Waals surface area (Å²) in [6.07, 6.45) is 0. The molecule has 0 aromatic heterocycles. The zero-order chi connectivity index (χ0) is 18.4. The van der Waals surface area contributed by atoms with Gasteiger partial charge in [0.1, 0.15) is 0 Å². The second-order valence-electron chi connectivity index (χ2n) is 6.19. The molecule has 26 heavy (non-hydrogen) atoms. The highest BCUT2D eigenvalue weighted by Crippen LogP contribution is 2.24. The highest BCUT2D eigenvalue weighted by molar-refractivity contribution is 14.0. The van der Waals surface area contributed by atoms with Crippen molar-refractivity contribution in [1.29, 1.82) is 0 Å². The molecule has 7 nitrogen and oxygen atoms in total. The quantitative estimate of drug-likeness (QED) is 0.299. The van der Waals surface area contributed by atoms with Crippen molar-refractivity contribution in [1.82, 2.24) is 15.5 Å². The standard InChI is InChI=1S/C18H26N4O3.HI/c1-12-10-22(11-15(12)17(24)25-4)18(20-3)21-9-13-5-7-14(8-6-13)16(23)19-2;/h5-8,12,15H,9-11H2,1-4H3,(H,19,23)(H,20,21);1H. The van der Waals surface area contributed by atoms with Gasteiger partial charge in [-0.05, 0) is 23.6 Å². The molecule has 2 atom stereocenters. The number of hydrogen-bond donors (Lipinski definition) is 2. The minimum atomic E-state index is -0.171. The largest absolute Gasteiger partial charge is 0.469 e. The number of carbonyl (C=O) groups excluding carboxylic acids is 2. The van der Waals surface area contributed by atoms with Crippen molar-refractivity contribution in [2.24, 2.45) is 16.8 Å². The highest BCUT2D eigenvalue weighted by Gasteiger charge is 2.36. The van der Waals surface area contributed by atoms with Crippen molar-refractivity contribution in [3.8, 4) is 0 Å². The second kappa shape index (κ2) is 10.3. The first-order chi connectivity index (χ1) is 12.0. The predicted molar refractivity (Wildman–Crippen MR) is 112 cm³/mol. The topological polar surface area (TPSA) is 83.0 Å². The Morgan fingerprint density at radius 2 is 1.92 bits per heavy atom. The molecule has 0 spiro atoms. The Morgan fingerprint density at radius 1 is 1.27 bits per heavy atom. The summed E-state index contributed by atoms with van der Waals surface area (Å²) in [5, 5.41) is 5.91. The highest BCUT2D eigenvalue weighted by atomic mass is 127. The van der Waals surface area contributed by atoms with E-state index in [1.165, 1.54) is 7.11 Å². The smallest absolute Gasteiger partial charge is 0.310 e. The number of benzene rings is 1. The minimum Gasteiger partial charge on any atom is -0.469 e. The number of halogens is 1. The monoisotopic (exact) mass is 474 g/mol. The normalized spacial score (nSPS) is 19.5. The fourth-order valence-corrected chi connectivity index (χ4v) is 3.03. The molecule has 0 radical (unpaired) electrons. The van der Waals surface area contributed by atoms with Gasteiger partial charge < -0.3 is 20.3 Å². The lowest BCUT2D eigenvalue weighted by molar-refractivity contribution is -0.145. The summed E-state index contributed by atoms with van der Waals surface area (Å²) in [4.78, 5) is 29.8. The molecule has 0 saturated carbocycles. The first kappa shape index (κ1) is 22.2. The molecule has 1 aromatic rings. The van der Waals surface area contributed by atoms with Gasteiger partial charge in [0.25, 0.3) is 5.91 Å². The van der Waals surface area contributed by atoms with Gasteiger partial charge in [-0.15, -0.1) is 24.0 Å². The van der Waals surface area contributed by atoms with Crippen LogP contribution >= 0.6 is 24.0 Å². The number of nitrogens with zero attached hydrogens (tertiary/aromatic N) is 2. The summed E-state index contributed by atoms with van der Waals surface area (Å²) < 4.78 is 4.88. The maximum Gasteiger partial charge on any atom is 0.310 e. The van der Waals surface area contributed by atoms with Gasteiger partial charge in [-0.2, -0.15) is 0 Å². The molecule has 0 aliphatic carbocycles. The Labute approximate surface area is 171 Å². The molecule has 1 aromatic carbocycles. The van der Waals surface area contributed by atoms with Crippen LogP contribution in [0, 0.1) is 11.8 Å². The van der Waals surface area contributed by atoms with Crippen LogP contribution in [0.15, 0.2) is 29.3 Å². The predicted octanol–water partition coefficient (Wildman–Crippen LogP) is 1.48. The molecular weight excluding hydrogens is 447 g/mol. The molecule has 2 N–H and O–H groups in total. The lowest BCUT2D eigenvalue weighted by Gasteiger charge is -2.21. The number of amides is 1. The maximum absolute atomic E-state index is 11.8. The summed E-state index contributed by atoms with van der Waals surface area (Å²) >= 11 is 0. The number of esters is 1. The number of guanidine groups is 1. The van der Waals surface area contributed by atoms with Crippen LogP contribution in [0.4, 0.5) is 0 Å². The number of aliphatic imine (C=N–C) groups is 1. The number of carbonyl (C=O) groups is 2. The van der Waals surface area contributed by atoms with Gasteiger partial charge in [0, 0.05) is 39.3 Å². The Hall–Kier alpha value is -1.84. The van der Waals surface area contributed by atoms with Crippen molar-refractivity contribution in [2.75, 3.05) is 34.3 Å². The van der Waals surface area contributed by atoms with Crippen molar-refractivity contribution in [2.45, 2.75) is 13.5 Å². The van der Waals surface area contributed by atoms with E-state index in [0.717, 1.165) is 18.1 Å². The Morgan fingerprint density at radius 3 is 2.46 bits per heavy atom. The molecule has 1 fully saturated rings. The van der Waals surface area contributed by atoms with Crippen molar-refractivity contribution < 1.29 is 14.3 Å². The van der Waals surface area contributed by atoms with Crippen LogP contribution in [0.3, 0.4) is 0 Å². The van der Waals surface area contributed by atoms with Crippen LogP contribution in [0.2, 0.25) is 0 Å². The zero-order valence-electron chi connectivity index (χ0n) is 15.6. The van der Waals surface area contributed by atoms with Gasteiger partial charge in [-0.3, -0.25) is 14.6 Å². The van der Waals surface area contributed by atoms with E-state index in [1.807, 2.05) is 19.1 Å². The van der Waals surface area contributed by atoms with Crippen molar-refractivity contribution in [3.05, 3.63) is 35.4 Å². The van der Waals surface area contributed by atoms with Crippen LogP contribution in [-0.4, -0.2) is 57.0 Å². The van der Waals surface area contributed by atoms with Crippen LogP contribution in [0.1, 0.15) is 22.8 Å². The second-order valence-corrected chi connectivity index (χ2v) is 6.19. The molecule has 1 aliphatic rings. The molecule has 2 rings (SSSR count). The van der Waals surface area contributed by atoms with Crippen LogP contribution in [0.5, 0.6) is 0 Å². The number of ether oxygens (including phenoxy) is 1. The number of hydrogen-bond acceptors (Lipinski definition) is 4. The summed E-state index contributed by atoms with van der Waals surface area (Å²) in [5.74, 6) is 0.576. The van der Waals surface area contributed by atoms with Gasteiger partial charge in [-0.1, -0.05) is 19.1 Å². The summed E-state index contributed by atoms with van der Waals surface area (Å²) in [7, 11) is 4.76. The third-order valence-electron chi connectivity index (χ3n) is 4.52. The molecule has 1 amide bonds. The molecule has 8 heteroatoms. The average molecular weight is 474 g/mol. The molecule has 0 bridgehead atoms. The number of nitrogens with one attached hydrogen (secondary N) is 2. The number of likely N-dealkylation sites (tertiary alicyclic amines) is 1. The van der Waals surface area contributed by atoms with Crippen LogP contribution in [-0.2, 0) is 16.1 Å². The van der Waals surface area contributed by atoms with E-state index < -0.39 is 0 Å². The SMILES string of the molecule is CN=C(NCc1ccc(C(=O)NC)cc1)N1CC(C)C(C(=O)OC)C1.I. The Balaban J connectivity index is 0.00000338. The van der Waals surface area contributed by atoms with Gasteiger partial charge in [0.2, 0.25) is 0 Å². The van der Waals surface area contributed by atoms with Crippen LogP contribution in [0.25, 0.3) is 0 Å². The fraction of sp³-hybridized carbons (Fsp3) is 0.500. The minimum absolute atomic E-state index is 0. The van der Waals surface area contributed by atoms with Crippen molar-refractivity contribution >= 4 is 41.8 Å². The van der Waals surface area contributed by atoms with E-state index in [1.54, 1.807) is 26.2 Å². The number of rotatable bonds is 4. The molecule has 1 heterocycles. The zero-order valence-corrected chi connectivity index (χ0v) is 17.9. The van der Waals surface area contributed by atoms with E-state index in [2.05, 4.69) is 20.5 Å². The van der Waals surface area contributed by atoms with E-state index >= 15 is 0 Å². The van der Waals surface area contributed by atoms with Gasteiger partial charge in [0.05, 0.1) is 13.0 Å². The maximum atomic E-state index is 11.8. The molecule has 2 unspecified atom stereocenters. The lowest BCUT2D eigenvalue weighted by Crippen LogP contribution is -2.40. The molecule has 1 aliphatic heterocycles. The van der Waals surface area contributed by atoms with E-state index in [-0.39, 0.29) is 47.7 Å². The van der Waals surface area contributed by atoms with E-state index in [0.29, 0.717) is 18.7 Å². The Kier molecular flexibility index (Phi) is 8.83. The van der Waals surface area contributed by atoms with Gasteiger partial charge >= 0.3 is 5.97 Å². The average Bonchev–Trinajstić information content (AvgIpc) is 3.03. The van der Waals surface area contributed by atoms with Gasteiger partial charge in [0.15, 0.2) is 5.96 Å². The lowest BCUT2D eigenvalue weighted by atomic mass is 9.99. The fourth-order valence-electron chi connectivity index (χ4n) is 3.03. The van der Waals surface area contributed by atoms with Gasteiger partial charge in [-0.25, -0.2) is 0 Å². The number of methoxy groups -OCH3 is 1. The van der Waals surface area contributed by atoms with Crippen LogP contribution < -0.4 is 10.6 Å². The molecular formula is C18H27IN4O3. The van der Waals surface area contributed by atoms with Crippen molar-refractivity contribution in [3.63, 3.8) is 0 Å².